The van der Waals surface area contributed by atoms with Crippen LogP contribution in [-0.4, -0.2) is 50.0 Å². The molecule has 0 saturated heterocycles. The number of nitrogens with one attached hydrogen (secondary N) is 2. The van der Waals surface area contributed by atoms with E-state index in [1.165, 1.54) is 0 Å². The summed E-state index contributed by atoms with van der Waals surface area (Å²) in [4.78, 5) is 16.1. The molecule has 4 N–H and O–H groups in total. The van der Waals surface area contributed by atoms with Crippen molar-refractivity contribution in [3.8, 4) is 0 Å². The molecule has 0 spiro atoms. The van der Waals surface area contributed by atoms with Gasteiger partial charge in [0.15, 0.2) is 5.96 Å². The van der Waals surface area contributed by atoms with Gasteiger partial charge >= 0.3 is 6.09 Å². The number of hydrogen-bond acceptors (Lipinski definition) is 4. The molecule has 0 aliphatic rings. The van der Waals surface area contributed by atoms with Crippen LogP contribution in [0.15, 0.2) is 4.99 Å². The lowest BCUT2D eigenvalue weighted by Crippen LogP contribution is -2.44. The number of nitrogens with zero attached hydrogens (tertiary/aromatic N) is 1. The number of carbonyl (C=O) groups excluding carboxylic acids is 1. The van der Waals surface area contributed by atoms with Crippen LogP contribution in [0.3, 0.4) is 0 Å². The molecule has 0 aliphatic heterocycles. The van der Waals surface area contributed by atoms with Crippen LogP contribution in [0, 0.1) is 5.92 Å². The second-order valence-electron chi connectivity index (χ2n) is 6.70. The number of guanidine groups is 1. The Kier molecular flexibility index (Phi) is 14.3. The van der Waals surface area contributed by atoms with Gasteiger partial charge in [-0.3, -0.25) is 4.99 Å². The minimum atomic E-state index is -0.518. The molecule has 0 aromatic heterocycles. The highest BCUT2D eigenvalue weighted by atomic mass is 127. The molecule has 144 valence electrons. The topological polar surface area (TPSA) is 98.0 Å². The zero-order chi connectivity index (χ0) is 17.9. The number of alkyl carbamates (subject to hydrolysis) is 1. The Morgan fingerprint density at radius 1 is 1.29 bits per heavy atom. The summed E-state index contributed by atoms with van der Waals surface area (Å²) in [6, 6.07) is -0.131. The zero-order valence-electron chi connectivity index (χ0n) is 15.8. The zero-order valence-corrected chi connectivity index (χ0v) is 18.2. The van der Waals surface area contributed by atoms with Crippen LogP contribution >= 0.6 is 24.0 Å². The second-order valence-corrected chi connectivity index (χ2v) is 6.70. The lowest BCUT2D eigenvalue weighted by molar-refractivity contribution is 0.0493. The van der Waals surface area contributed by atoms with Crippen LogP contribution in [-0.2, 0) is 9.47 Å². The number of ether oxygens (including phenoxy) is 2. The lowest BCUT2D eigenvalue weighted by Gasteiger charge is -2.25. The van der Waals surface area contributed by atoms with Crippen molar-refractivity contribution in [3.63, 3.8) is 0 Å². The van der Waals surface area contributed by atoms with Gasteiger partial charge in [0.2, 0.25) is 0 Å². The van der Waals surface area contributed by atoms with Crippen molar-refractivity contribution in [1.82, 2.24) is 10.6 Å². The molecule has 0 rings (SSSR count). The molecule has 0 heterocycles. The molecular formula is C16H35IN4O3. The van der Waals surface area contributed by atoms with Gasteiger partial charge in [-0.15, -0.1) is 24.0 Å². The lowest BCUT2D eigenvalue weighted by atomic mass is 10.1. The third-order valence-electron chi connectivity index (χ3n) is 2.94. The third kappa shape index (κ3) is 14.8. The van der Waals surface area contributed by atoms with Crippen molar-refractivity contribution in [2.75, 3.05) is 26.3 Å². The smallest absolute Gasteiger partial charge is 0.407 e. The van der Waals surface area contributed by atoms with E-state index in [-0.39, 0.29) is 35.9 Å². The van der Waals surface area contributed by atoms with E-state index in [0.717, 1.165) is 13.0 Å². The van der Waals surface area contributed by atoms with Gasteiger partial charge in [0.1, 0.15) is 5.60 Å². The van der Waals surface area contributed by atoms with Crippen LogP contribution < -0.4 is 16.4 Å². The van der Waals surface area contributed by atoms with Crippen molar-refractivity contribution < 1.29 is 14.3 Å². The van der Waals surface area contributed by atoms with Crippen LogP contribution in [0.5, 0.6) is 0 Å². The van der Waals surface area contributed by atoms with Crippen LogP contribution in [0.2, 0.25) is 0 Å². The average molecular weight is 458 g/mol. The maximum Gasteiger partial charge on any atom is 0.407 e. The van der Waals surface area contributed by atoms with Gasteiger partial charge in [0.25, 0.3) is 0 Å². The maximum atomic E-state index is 11.8. The average Bonchev–Trinajstić information content (AvgIpc) is 2.40. The Balaban J connectivity index is 0. The molecule has 1 atom stereocenters. The first-order valence-electron chi connectivity index (χ1n) is 8.26. The molecule has 0 radical (unpaired) electrons. The highest BCUT2D eigenvalue weighted by molar-refractivity contribution is 14.0. The standard InChI is InChI=1S/C16H34N4O3.HI/c1-7-22-10-8-9-18-14(17)19-11-13(12(2)3)20-15(21)23-16(4,5)6;/h12-13H,7-11H2,1-6H3,(H,20,21)(H3,17,18,19);1H. The van der Waals surface area contributed by atoms with Crippen molar-refractivity contribution in [1.29, 1.82) is 0 Å². The van der Waals surface area contributed by atoms with Gasteiger partial charge in [0, 0.05) is 19.8 Å². The van der Waals surface area contributed by atoms with E-state index in [2.05, 4.69) is 15.6 Å². The fourth-order valence-electron chi connectivity index (χ4n) is 1.67. The number of halogens is 1. The Labute approximate surface area is 163 Å². The van der Waals surface area contributed by atoms with Crippen molar-refractivity contribution in [2.45, 2.75) is 59.6 Å². The molecule has 0 aromatic rings. The summed E-state index contributed by atoms with van der Waals surface area (Å²) in [5, 5.41) is 5.87. The van der Waals surface area contributed by atoms with Crippen molar-refractivity contribution >= 4 is 36.0 Å². The molecule has 24 heavy (non-hydrogen) atoms. The quantitative estimate of drug-likeness (QED) is 0.214. The number of rotatable bonds is 9. The summed E-state index contributed by atoms with van der Waals surface area (Å²) >= 11 is 0. The summed E-state index contributed by atoms with van der Waals surface area (Å²) in [5.74, 6) is 0.593. The monoisotopic (exact) mass is 458 g/mol. The number of carbonyl (C=O) groups is 1. The second kappa shape index (κ2) is 13.5. The first kappa shape index (κ1) is 25.5. The molecule has 0 aliphatic carbocycles. The normalized spacial score (nSPS) is 13.2. The summed E-state index contributed by atoms with van der Waals surface area (Å²) in [7, 11) is 0. The Hall–Kier alpha value is -0.770. The fraction of sp³-hybridized carbons (Fsp3) is 0.875. The van der Waals surface area contributed by atoms with E-state index in [1.807, 2.05) is 41.5 Å². The molecule has 0 aromatic carbocycles. The summed E-state index contributed by atoms with van der Waals surface area (Å²) < 4.78 is 10.5. The fourth-order valence-corrected chi connectivity index (χ4v) is 1.67. The molecule has 7 nitrogen and oxygen atoms in total. The van der Waals surface area contributed by atoms with Gasteiger partial charge in [-0.1, -0.05) is 13.8 Å². The highest BCUT2D eigenvalue weighted by Crippen LogP contribution is 2.08. The molecule has 0 fully saturated rings. The maximum absolute atomic E-state index is 11.8. The van der Waals surface area contributed by atoms with Gasteiger partial charge in [-0.2, -0.15) is 0 Å². The Bertz CT molecular complexity index is 371. The number of aliphatic imine (C=N–C) groups is 1. The van der Waals surface area contributed by atoms with Crippen molar-refractivity contribution in [2.24, 2.45) is 16.6 Å². The number of hydrogen-bond donors (Lipinski definition) is 3. The van der Waals surface area contributed by atoms with E-state index in [4.69, 9.17) is 15.2 Å². The van der Waals surface area contributed by atoms with Gasteiger partial charge in [0.05, 0.1) is 12.6 Å². The predicted molar refractivity (Wildman–Crippen MR) is 109 cm³/mol. The van der Waals surface area contributed by atoms with E-state index >= 15 is 0 Å². The largest absolute Gasteiger partial charge is 0.444 e. The molecule has 0 bridgehead atoms. The highest BCUT2D eigenvalue weighted by Gasteiger charge is 2.21. The van der Waals surface area contributed by atoms with E-state index in [1.54, 1.807) is 0 Å². The molecule has 1 amide bonds. The molecule has 1 unspecified atom stereocenters. The SMILES string of the molecule is CCOCCCNC(N)=NCC(NC(=O)OC(C)(C)C)C(C)C.I. The van der Waals surface area contributed by atoms with E-state index < -0.39 is 11.7 Å². The Morgan fingerprint density at radius 2 is 1.92 bits per heavy atom. The summed E-state index contributed by atoms with van der Waals surface area (Å²) in [5.41, 5.74) is 5.31. The Morgan fingerprint density at radius 3 is 2.42 bits per heavy atom. The van der Waals surface area contributed by atoms with Gasteiger partial charge < -0.3 is 25.8 Å². The minimum Gasteiger partial charge on any atom is -0.444 e. The molecular weight excluding hydrogens is 423 g/mol. The van der Waals surface area contributed by atoms with Crippen molar-refractivity contribution in [3.05, 3.63) is 0 Å². The number of nitrogens with two attached hydrogens (primary N) is 1. The predicted octanol–water partition coefficient (Wildman–Crippen LogP) is 2.48. The van der Waals surface area contributed by atoms with Crippen LogP contribution in [0.25, 0.3) is 0 Å². The first-order chi connectivity index (χ1) is 10.7. The minimum absolute atomic E-state index is 0. The molecule has 8 heteroatoms. The van der Waals surface area contributed by atoms with E-state index in [0.29, 0.717) is 25.7 Å². The van der Waals surface area contributed by atoms with Crippen LogP contribution in [0.1, 0.15) is 48.0 Å². The van der Waals surface area contributed by atoms with Crippen LogP contribution in [0.4, 0.5) is 4.79 Å². The number of amides is 1. The van der Waals surface area contributed by atoms with Gasteiger partial charge in [-0.25, -0.2) is 4.79 Å². The summed E-state index contributed by atoms with van der Waals surface area (Å²) in [6.45, 7) is 14.0. The third-order valence-corrected chi connectivity index (χ3v) is 2.94. The first-order valence-corrected chi connectivity index (χ1v) is 8.26. The van der Waals surface area contributed by atoms with Gasteiger partial charge in [-0.05, 0) is 40.0 Å². The van der Waals surface area contributed by atoms with E-state index in [9.17, 15) is 4.79 Å². The summed E-state index contributed by atoms with van der Waals surface area (Å²) in [6.07, 6.45) is 0.433. The molecule has 0 saturated carbocycles.